The maximum absolute atomic E-state index is 12.1. The molecular weight excluding hydrogens is 444 g/mol. The van der Waals surface area contributed by atoms with Gasteiger partial charge >= 0.3 is 6.03 Å². The molecule has 0 aliphatic carbocycles. The summed E-state index contributed by atoms with van der Waals surface area (Å²) in [5, 5.41) is 10.1. The van der Waals surface area contributed by atoms with Gasteiger partial charge in [0.2, 0.25) is 20.0 Å². The molecule has 0 aliphatic heterocycles. The van der Waals surface area contributed by atoms with Crippen molar-refractivity contribution in [2.24, 2.45) is 5.14 Å². The van der Waals surface area contributed by atoms with Crippen molar-refractivity contribution in [3.8, 4) is 5.75 Å². The Balaban J connectivity index is 1.77. The Morgan fingerprint density at radius 1 is 0.968 bits per heavy atom. The van der Waals surface area contributed by atoms with E-state index in [2.05, 4.69) is 22.3 Å². The van der Waals surface area contributed by atoms with E-state index in [0.717, 1.165) is 12.8 Å². The van der Waals surface area contributed by atoms with Crippen LogP contribution < -0.4 is 25.2 Å². The number of carbonyl (C=O) groups excluding carboxylic acids is 1. The molecule has 0 aliphatic rings. The van der Waals surface area contributed by atoms with Gasteiger partial charge in [-0.1, -0.05) is 13.3 Å². The van der Waals surface area contributed by atoms with Crippen LogP contribution in [0.1, 0.15) is 19.8 Å². The number of hydrogen-bond acceptors (Lipinski definition) is 6. The summed E-state index contributed by atoms with van der Waals surface area (Å²) < 4.78 is 54.5. The highest BCUT2D eigenvalue weighted by Gasteiger charge is 2.13. The maximum Gasteiger partial charge on any atom is 0.319 e. The quantitative estimate of drug-likeness (QED) is 0.368. The SMILES string of the molecule is CCCCOc1ccc(NC(=O)NCCS(=O)(=O)Nc2ccc(S(N)(=O)=O)cc2)cc1. The number of hydrogen-bond donors (Lipinski definition) is 4. The zero-order valence-electron chi connectivity index (χ0n) is 17.0. The fourth-order valence-electron chi connectivity index (χ4n) is 2.39. The Bertz CT molecular complexity index is 1070. The average Bonchev–Trinajstić information content (AvgIpc) is 2.69. The van der Waals surface area contributed by atoms with Crippen LogP contribution in [0.3, 0.4) is 0 Å². The van der Waals surface area contributed by atoms with E-state index in [1.807, 2.05) is 0 Å². The molecule has 0 fully saturated rings. The molecule has 2 aromatic rings. The van der Waals surface area contributed by atoms with Gasteiger partial charge in [-0.05, 0) is 55.0 Å². The first-order valence-electron chi connectivity index (χ1n) is 9.50. The standard InChI is InChI=1S/C19H26N4O6S2/c1-2-3-13-29-17-8-4-15(5-9-17)22-19(24)21-12-14-30(25,26)23-16-6-10-18(11-7-16)31(20,27)28/h4-11,23H,2-3,12-14H2,1H3,(H2,20,27,28)(H2,21,22,24). The van der Waals surface area contributed by atoms with Crippen LogP contribution in [-0.4, -0.2) is 41.8 Å². The monoisotopic (exact) mass is 470 g/mol. The lowest BCUT2D eigenvalue weighted by Gasteiger charge is -2.11. The smallest absolute Gasteiger partial charge is 0.319 e. The van der Waals surface area contributed by atoms with Crippen molar-refractivity contribution >= 4 is 37.5 Å². The van der Waals surface area contributed by atoms with Gasteiger partial charge < -0.3 is 15.4 Å². The van der Waals surface area contributed by atoms with Crippen LogP contribution in [0.2, 0.25) is 0 Å². The van der Waals surface area contributed by atoms with Gasteiger partial charge in [-0.15, -0.1) is 0 Å². The normalized spacial score (nSPS) is 11.5. The Kier molecular flexibility index (Phi) is 8.65. The molecule has 0 heterocycles. The topological polar surface area (TPSA) is 157 Å². The third kappa shape index (κ3) is 8.82. The van der Waals surface area contributed by atoms with E-state index in [1.165, 1.54) is 24.3 Å². The van der Waals surface area contributed by atoms with Crippen LogP contribution in [0.5, 0.6) is 5.75 Å². The van der Waals surface area contributed by atoms with Gasteiger partial charge in [0.1, 0.15) is 5.75 Å². The Labute approximate surface area is 182 Å². The number of carbonyl (C=O) groups is 1. The summed E-state index contributed by atoms with van der Waals surface area (Å²) in [4.78, 5) is 11.8. The van der Waals surface area contributed by atoms with Crippen LogP contribution in [0.4, 0.5) is 16.2 Å². The maximum atomic E-state index is 12.1. The zero-order chi connectivity index (χ0) is 22.9. The average molecular weight is 471 g/mol. The second-order valence-electron chi connectivity index (χ2n) is 6.60. The number of ether oxygens (including phenoxy) is 1. The molecule has 170 valence electrons. The van der Waals surface area contributed by atoms with Crippen LogP contribution >= 0.6 is 0 Å². The molecule has 5 N–H and O–H groups in total. The summed E-state index contributed by atoms with van der Waals surface area (Å²) >= 11 is 0. The molecule has 0 radical (unpaired) electrons. The summed E-state index contributed by atoms with van der Waals surface area (Å²) in [6.07, 6.45) is 2.00. The number of amides is 2. The van der Waals surface area contributed by atoms with Gasteiger partial charge in [0, 0.05) is 17.9 Å². The molecule has 0 spiro atoms. The van der Waals surface area contributed by atoms with Gasteiger partial charge in [0.25, 0.3) is 0 Å². The molecule has 0 saturated heterocycles. The Morgan fingerprint density at radius 2 is 1.58 bits per heavy atom. The lowest BCUT2D eigenvalue weighted by molar-refractivity contribution is 0.252. The lowest BCUT2D eigenvalue weighted by atomic mass is 10.3. The van der Waals surface area contributed by atoms with Crippen molar-refractivity contribution in [3.63, 3.8) is 0 Å². The van der Waals surface area contributed by atoms with E-state index in [-0.39, 0.29) is 22.9 Å². The van der Waals surface area contributed by atoms with E-state index < -0.39 is 26.1 Å². The largest absolute Gasteiger partial charge is 0.494 e. The highest BCUT2D eigenvalue weighted by molar-refractivity contribution is 7.92. The number of benzene rings is 2. The summed E-state index contributed by atoms with van der Waals surface area (Å²) in [5.74, 6) is 0.329. The van der Waals surface area contributed by atoms with Gasteiger partial charge in [0.05, 0.1) is 17.3 Å². The number of sulfonamides is 2. The second-order valence-corrected chi connectivity index (χ2v) is 10.0. The van der Waals surface area contributed by atoms with Crippen LogP contribution in [-0.2, 0) is 20.0 Å². The number of primary sulfonamides is 1. The Hall–Kier alpha value is -2.83. The van der Waals surface area contributed by atoms with Crippen molar-refractivity contribution in [2.45, 2.75) is 24.7 Å². The molecule has 0 atom stereocenters. The molecule has 12 heteroatoms. The minimum absolute atomic E-state index is 0.130. The fourth-order valence-corrected chi connectivity index (χ4v) is 3.87. The number of unbranched alkanes of at least 4 members (excludes halogenated alkanes) is 1. The van der Waals surface area contributed by atoms with E-state index in [4.69, 9.17) is 9.88 Å². The number of anilines is 2. The number of nitrogens with two attached hydrogens (primary N) is 1. The molecule has 31 heavy (non-hydrogen) atoms. The molecule has 2 amide bonds. The van der Waals surface area contributed by atoms with Crippen LogP contribution in [0.25, 0.3) is 0 Å². The van der Waals surface area contributed by atoms with Crippen LogP contribution in [0, 0.1) is 0 Å². The minimum Gasteiger partial charge on any atom is -0.494 e. The zero-order valence-corrected chi connectivity index (χ0v) is 18.6. The third-order valence-electron chi connectivity index (χ3n) is 3.99. The highest BCUT2D eigenvalue weighted by Crippen LogP contribution is 2.16. The summed E-state index contributed by atoms with van der Waals surface area (Å²) in [6, 6.07) is 11.3. The lowest BCUT2D eigenvalue weighted by Crippen LogP contribution is -2.34. The van der Waals surface area contributed by atoms with Crippen molar-refractivity contribution in [1.82, 2.24) is 5.32 Å². The second kappa shape index (κ2) is 11.0. The van der Waals surface area contributed by atoms with Gasteiger partial charge in [-0.3, -0.25) is 4.72 Å². The van der Waals surface area contributed by atoms with Crippen LogP contribution in [0.15, 0.2) is 53.4 Å². The first-order valence-corrected chi connectivity index (χ1v) is 12.7. The molecular formula is C19H26N4O6S2. The number of urea groups is 1. The first kappa shape index (κ1) is 24.4. The van der Waals surface area contributed by atoms with Crippen molar-refractivity contribution < 1.29 is 26.4 Å². The molecule has 0 bridgehead atoms. The van der Waals surface area contributed by atoms with Gasteiger partial charge in [0.15, 0.2) is 0 Å². The van der Waals surface area contributed by atoms with Crippen molar-refractivity contribution in [2.75, 3.05) is 28.9 Å². The minimum atomic E-state index is -3.86. The number of nitrogens with one attached hydrogen (secondary N) is 3. The van der Waals surface area contributed by atoms with E-state index >= 15 is 0 Å². The van der Waals surface area contributed by atoms with Crippen molar-refractivity contribution in [3.05, 3.63) is 48.5 Å². The first-order chi connectivity index (χ1) is 14.6. The van der Waals surface area contributed by atoms with E-state index in [0.29, 0.717) is 18.0 Å². The summed E-state index contributed by atoms with van der Waals surface area (Å²) in [5.41, 5.74) is 0.717. The summed E-state index contributed by atoms with van der Waals surface area (Å²) in [7, 11) is -7.62. The van der Waals surface area contributed by atoms with Gasteiger partial charge in [-0.2, -0.15) is 0 Å². The Morgan fingerprint density at radius 3 is 2.16 bits per heavy atom. The van der Waals surface area contributed by atoms with Crippen molar-refractivity contribution in [1.29, 1.82) is 0 Å². The predicted molar refractivity (Wildman–Crippen MR) is 119 cm³/mol. The number of rotatable bonds is 11. The molecule has 0 unspecified atom stereocenters. The molecule has 0 saturated carbocycles. The summed E-state index contributed by atoms with van der Waals surface area (Å²) in [6.45, 7) is 2.57. The van der Waals surface area contributed by atoms with E-state index in [1.54, 1.807) is 24.3 Å². The fraction of sp³-hybridized carbons (Fsp3) is 0.316. The third-order valence-corrected chi connectivity index (χ3v) is 6.21. The van der Waals surface area contributed by atoms with Gasteiger partial charge in [-0.25, -0.2) is 26.8 Å². The molecule has 2 aromatic carbocycles. The van der Waals surface area contributed by atoms with E-state index in [9.17, 15) is 21.6 Å². The molecule has 0 aromatic heterocycles. The predicted octanol–water partition coefficient (Wildman–Crippen LogP) is 2.08. The highest BCUT2D eigenvalue weighted by atomic mass is 32.2. The molecule has 2 rings (SSSR count). The molecule has 10 nitrogen and oxygen atoms in total.